The van der Waals surface area contributed by atoms with Crippen LogP contribution in [0.25, 0.3) is 11.0 Å². The molecule has 0 bridgehead atoms. The second kappa shape index (κ2) is 11.5. The lowest BCUT2D eigenvalue weighted by molar-refractivity contribution is -0.130. The van der Waals surface area contributed by atoms with Gasteiger partial charge in [-0.2, -0.15) is 0 Å². The number of H-pyrrole nitrogens is 1. The van der Waals surface area contributed by atoms with Crippen LogP contribution in [-0.4, -0.2) is 62.3 Å². The van der Waals surface area contributed by atoms with Crippen LogP contribution in [0.4, 0.5) is 0 Å². The van der Waals surface area contributed by atoms with E-state index in [1.54, 1.807) is 6.20 Å². The third kappa shape index (κ3) is 4.87. The molecule has 2 aliphatic rings. The van der Waals surface area contributed by atoms with E-state index < -0.39 is 5.54 Å². The second-order valence-corrected chi connectivity index (χ2v) is 11.3. The summed E-state index contributed by atoms with van der Waals surface area (Å²) < 4.78 is 1.93. The number of piperidine rings is 1. The number of amidine groups is 1. The Bertz CT molecular complexity index is 1770. The number of benzene rings is 3. The third-order valence-corrected chi connectivity index (χ3v) is 8.76. The van der Waals surface area contributed by atoms with E-state index in [0.717, 1.165) is 61.1 Å². The van der Waals surface area contributed by atoms with E-state index in [1.807, 2.05) is 113 Å². The minimum Gasteiger partial charge on any atom is -0.306 e. The molecule has 0 aliphatic carbocycles. The maximum Gasteiger partial charge on any atom is 0.326 e. The molecule has 1 saturated heterocycles. The lowest BCUT2D eigenvalue weighted by Crippen LogP contribution is -2.43. The monoisotopic (exact) mass is 570 g/mol. The number of likely N-dealkylation sites (tertiary alicyclic amines) is 1. The molecule has 0 saturated carbocycles. The highest BCUT2D eigenvalue weighted by atomic mass is 16.2. The van der Waals surface area contributed by atoms with Crippen molar-refractivity contribution in [2.75, 3.05) is 26.2 Å². The van der Waals surface area contributed by atoms with E-state index in [9.17, 15) is 9.59 Å². The number of para-hydroxylation sites is 2. The Hall–Kier alpha value is -4.82. The Kier molecular flexibility index (Phi) is 7.20. The van der Waals surface area contributed by atoms with E-state index in [0.29, 0.717) is 18.1 Å². The summed E-state index contributed by atoms with van der Waals surface area (Å²) in [5.41, 5.74) is 3.04. The van der Waals surface area contributed by atoms with Crippen molar-refractivity contribution < 1.29 is 4.79 Å². The zero-order valence-corrected chi connectivity index (χ0v) is 24.0. The predicted molar refractivity (Wildman–Crippen MR) is 168 cm³/mol. The largest absolute Gasteiger partial charge is 0.326 e. The topological polar surface area (TPSA) is 86.6 Å². The first kappa shape index (κ1) is 27.0. The maximum atomic E-state index is 14.5. The molecular formula is C35H34N6O2. The van der Waals surface area contributed by atoms with Crippen molar-refractivity contribution in [2.24, 2.45) is 4.99 Å². The summed E-state index contributed by atoms with van der Waals surface area (Å²) in [6, 6.07) is 33.5. The van der Waals surface area contributed by atoms with Crippen molar-refractivity contribution in [3.05, 3.63) is 137 Å². The predicted octanol–water partition coefficient (Wildman–Crippen LogP) is 4.98. The van der Waals surface area contributed by atoms with Gasteiger partial charge >= 0.3 is 5.69 Å². The SMILES string of the molecule is O=C1N(CCCN2CCC(n3c(=O)[nH]c4ccccc43)CC2)C(c2ccccn2)=NC1(c1ccccc1)c1ccccc1. The van der Waals surface area contributed by atoms with Gasteiger partial charge in [-0.05, 0) is 61.2 Å². The number of hydrogen-bond donors (Lipinski definition) is 1. The number of aliphatic imine (C=N–C) groups is 1. The van der Waals surface area contributed by atoms with Gasteiger partial charge in [0.05, 0.1) is 11.0 Å². The van der Waals surface area contributed by atoms with Crippen LogP contribution in [0.15, 0.2) is 119 Å². The van der Waals surface area contributed by atoms with Crippen molar-refractivity contribution in [1.29, 1.82) is 0 Å². The second-order valence-electron chi connectivity index (χ2n) is 11.3. The molecule has 8 nitrogen and oxygen atoms in total. The Morgan fingerprint density at radius 1 is 0.767 bits per heavy atom. The number of nitrogens with zero attached hydrogens (tertiary/aromatic N) is 5. The zero-order chi connectivity index (χ0) is 29.2. The maximum absolute atomic E-state index is 14.5. The lowest BCUT2D eigenvalue weighted by atomic mass is 9.83. The van der Waals surface area contributed by atoms with Crippen molar-refractivity contribution in [2.45, 2.75) is 30.8 Å². The highest BCUT2D eigenvalue weighted by Gasteiger charge is 2.51. The van der Waals surface area contributed by atoms with Gasteiger partial charge < -0.3 is 9.88 Å². The van der Waals surface area contributed by atoms with E-state index in [1.165, 1.54) is 0 Å². The number of aromatic nitrogens is 3. The summed E-state index contributed by atoms with van der Waals surface area (Å²) in [5.74, 6) is 0.554. The Morgan fingerprint density at radius 3 is 2.09 bits per heavy atom. The number of nitrogens with one attached hydrogen (secondary N) is 1. The molecule has 2 aromatic heterocycles. The first-order chi connectivity index (χ1) is 21.1. The summed E-state index contributed by atoms with van der Waals surface area (Å²) in [7, 11) is 0. The van der Waals surface area contributed by atoms with Crippen LogP contribution in [0.1, 0.15) is 42.1 Å². The van der Waals surface area contributed by atoms with Crippen LogP contribution >= 0.6 is 0 Å². The fourth-order valence-corrected chi connectivity index (χ4v) is 6.65. The van der Waals surface area contributed by atoms with Crippen molar-refractivity contribution >= 4 is 22.8 Å². The number of fused-ring (bicyclic) bond motifs is 1. The molecule has 3 aromatic carbocycles. The average molecular weight is 571 g/mol. The van der Waals surface area contributed by atoms with Gasteiger partial charge in [-0.1, -0.05) is 78.9 Å². The van der Waals surface area contributed by atoms with Gasteiger partial charge in [0, 0.05) is 31.9 Å². The molecule has 1 N–H and O–H groups in total. The molecule has 8 heteroatoms. The van der Waals surface area contributed by atoms with Crippen LogP contribution < -0.4 is 5.69 Å². The van der Waals surface area contributed by atoms with Gasteiger partial charge in [0.15, 0.2) is 11.4 Å². The van der Waals surface area contributed by atoms with Gasteiger partial charge in [0.1, 0.15) is 5.69 Å². The van der Waals surface area contributed by atoms with Gasteiger partial charge in [0.2, 0.25) is 0 Å². The minimum atomic E-state index is -1.17. The highest BCUT2D eigenvalue weighted by Crippen LogP contribution is 2.41. The van der Waals surface area contributed by atoms with Crippen LogP contribution in [0.3, 0.4) is 0 Å². The van der Waals surface area contributed by atoms with E-state index in [2.05, 4.69) is 14.9 Å². The molecule has 0 unspecified atom stereocenters. The number of carbonyl (C=O) groups excluding carboxylic acids is 1. The molecule has 4 heterocycles. The molecule has 0 radical (unpaired) electrons. The zero-order valence-electron chi connectivity index (χ0n) is 24.0. The normalized spacial score (nSPS) is 17.4. The van der Waals surface area contributed by atoms with Gasteiger partial charge in [-0.25, -0.2) is 9.79 Å². The van der Waals surface area contributed by atoms with Crippen LogP contribution in [0.2, 0.25) is 0 Å². The molecular weight excluding hydrogens is 536 g/mol. The van der Waals surface area contributed by atoms with E-state index in [4.69, 9.17) is 4.99 Å². The number of rotatable bonds is 8. The number of pyridine rings is 1. The van der Waals surface area contributed by atoms with E-state index in [-0.39, 0.29) is 17.6 Å². The molecule has 0 spiro atoms. The molecule has 43 heavy (non-hydrogen) atoms. The molecule has 7 rings (SSSR count). The van der Waals surface area contributed by atoms with Crippen LogP contribution in [-0.2, 0) is 10.3 Å². The Morgan fingerprint density at radius 2 is 1.42 bits per heavy atom. The van der Waals surface area contributed by atoms with Gasteiger partial charge in [-0.15, -0.1) is 0 Å². The number of carbonyl (C=O) groups is 1. The molecule has 1 fully saturated rings. The summed E-state index contributed by atoms with van der Waals surface area (Å²) in [6.07, 6.45) is 4.37. The summed E-state index contributed by atoms with van der Waals surface area (Å²) in [5, 5.41) is 0. The van der Waals surface area contributed by atoms with Crippen molar-refractivity contribution in [3.63, 3.8) is 0 Å². The van der Waals surface area contributed by atoms with Crippen molar-refractivity contribution in [1.82, 2.24) is 24.3 Å². The van der Waals surface area contributed by atoms with Crippen LogP contribution in [0, 0.1) is 0 Å². The lowest BCUT2D eigenvalue weighted by Gasteiger charge is -2.33. The Labute approximate surface area is 250 Å². The summed E-state index contributed by atoms with van der Waals surface area (Å²) in [6.45, 7) is 3.21. The number of aromatic amines is 1. The number of amides is 1. The first-order valence-corrected chi connectivity index (χ1v) is 15.0. The van der Waals surface area contributed by atoms with Gasteiger partial charge in [-0.3, -0.25) is 19.2 Å². The third-order valence-electron chi connectivity index (χ3n) is 8.76. The van der Waals surface area contributed by atoms with Gasteiger partial charge in [0.25, 0.3) is 5.91 Å². The fraction of sp³-hybridized carbons (Fsp3) is 0.257. The molecule has 1 amide bonds. The van der Waals surface area contributed by atoms with Crippen LogP contribution in [0.5, 0.6) is 0 Å². The smallest absolute Gasteiger partial charge is 0.306 e. The number of imidazole rings is 1. The minimum absolute atomic E-state index is 0.0335. The fourth-order valence-electron chi connectivity index (χ4n) is 6.65. The average Bonchev–Trinajstić information content (AvgIpc) is 3.56. The quantitative estimate of drug-likeness (QED) is 0.285. The Balaban J connectivity index is 1.10. The van der Waals surface area contributed by atoms with E-state index >= 15 is 0 Å². The highest BCUT2D eigenvalue weighted by molar-refractivity contribution is 6.16. The summed E-state index contributed by atoms with van der Waals surface area (Å²) >= 11 is 0. The first-order valence-electron chi connectivity index (χ1n) is 15.0. The molecule has 216 valence electrons. The molecule has 0 atom stereocenters. The summed E-state index contributed by atoms with van der Waals surface area (Å²) in [4.78, 5) is 44.3. The van der Waals surface area contributed by atoms with Crippen molar-refractivity contribution in [3.8, 4) is 0 Å². The molecule has 5 aromatic rings. The standard InChI is InChI=1S/C35H34N6O2/c42-33-35(26-12-3-1-4-13-26,27-14-5-2-6-15-27)38-32(30-17-9-10-21-36-30)40(33)23-11-22-39-24-19-28(20-25-39)41-31-18-8-7-16-29(31)37-34(41)43/h1-10,12-18,21,28H,11,19-20,22-25H2,(H,37,43). The molecule has 2 aliphatic heterocycles. The number of hydrogen-bond acceptors (Lipinski definition) is 5.